The fourth-order valence-corrected chi connectivity index (χ4v) is 2.92. The number of hydrogen-bond acceptors (Lipinski definition) is 7. The number of carbonyl (C=O) groups is 2. The lowest BCUT2D eigenvalue weighted by atomic mass is 10.2. The van der Waals surface area contributed by atoms with E-state index in [-0.39, 0.29) is 17.9 Å². The van der Waals surface area contributed by atoms with Crippen molar-refractivity contribution in [2.75, 3.05) is 12.0 Å². The Morgan fingerprint density at radius 1 is 1.52 bits per heavy atom. The van der Waals surface area contributed by atoms with Crippen LogP contribution in [0, 0.1) is 0 Å². The Bertz CT molecular complexity index is 626. The van der Waals surface area contributed by atoms with E-state index in [0.717, 1.165) is 17.6 Å². The van der Waals surface area contributed by atoms with Gasteiger partial charge in [0.25, 0.3) is 0 Å². The van der Waals surface area contributed by atoms with Gasteiger partial charge in [-0.05, 0) is 13.3 Å². The number of nitrogens with zero attached hydrogens (tertiary/aromatic N) is 1. The molecule has 0 saturated carbocycles. The fourth-order valence-electron chi connectivity index (χ4n) is 1.44. The Hall–Kier alpha value is -1.52. The topological polar surface area (TPSA) is 139 Å². The predicted octanol–water partition coefficient (Wildman–Crippen LogP) is -0.219. The second-order valence-electron chi connectivity index (χ2n) is 4.63. The van der Waals surface area contributed by atoms with Gasteiger partial charge in [-0.3, -0.25) is 4.79 Å². The molecule has 0 spiro atoms. The van der Waals surface area contributed by atoms with Crippen molar-refractivity contribution in [3.8, 4) is 0 Å². The number of nitrogens with two attached hydrogens (primary N) is 1. The average molecular weight is 335 g/mol. The zero-order valence-corrected chi connectivity index (χ0v) is 13.2. The summed E-state index contributed by atoms with van der Waals surface area (Å²) in [6.07, 6.45) is 1.10. The maximum atomic E-state index is 11.8. The highest BCUT2D eigenvalue weighted by Crippen LogP contribution is 2.18. The van der Waals surface area contributed by atoms with Gasteiger partial charge in [-0.1, -0.05) is 0 Å². The van der Waals surface area contributed by atoms with Gasteiger partial charge in [-0.15, -0.1) is 11.3 Å². The summed E-state index contributed by atoms with van der Waals surface area (Å²) in [6.45, 7) is 1.64. The first-order valence-electron chi connectivity index (χ1n) is 6.02. The number of carboxylic acid groups (broad SMARTS) is 1. The summed E-state index contributed by atoms with van der Waals surface area (Å²) in [5.74, 6) is -1.81. The third kappa shape index (κ3) is 5.78. The molecule has 1 aromatic heterocycles. The van der Waals surface area contributed by atoms with E-state index in [0.29, 0.717) is 5.01 Å². The Balaban J connectivity index is 2.58. The second kappa shape index (κ2) is 6.96. The minimum atomic E-state index is -3.18. The summed E-state index contributed by atoms with van der Waals surface area (Å²) in [7, 11) is -3.18. The number of hydrogen-bond donors (Lipinski definition) is 3. The summed E-state index contributed by atoms with van der Waals surface area (Å²) in [4.78, 5) is 26.4. The van der Waals surface area contributed by atoms with Crippen molar-refractivity contribution in [2.45, 2.75) is 25.4 Å². The van der Waals surface area contributed by atoms with Crippen LogP contribution in [0.25, 0.3) is 0 Å². The third-order valence-electron chi connectivity index (χ3n) is 2.61. The molecule has 1 aromatic rings. The van der Waals surface area contributed by atoms with E-state index in [2.05, 4.69) is 10.3 Å². The summed E-state index contributed by atoms with van der Waals surface area (Å²) in [5.41, 5.74) is 5.53. The van der Waals surface area contributed by atoms with Crippen molar-refractivity contribution in [2.24, 2.45) is 5.73 Å². The summed E-state index contributed by atoms with van der Waals surface area (Å²) in [5, 5.41) is 13.2. The van der Waals surface area contributed by atoms with Gasteiger partial charge in [0.2, 0.25) is 5.91 Å². The van der Waals surface area contributed by atoms with E-state index in [1.807, 2.05) is 0 Å². The maximum Gasteiger partial charge on any atom is 0.355 e. The summed E-state index contributed by atoms with van der Waals surface area (Å²) < 4.78 is 22.0. The number of amides is 1. The molecule has 0 aromatic carbocycles. The molecule has 0 aliphatic heterocycles. The molecule has 8 nitrogen and oxygen atoms in total. The van der Waals surface area contributed by atoms with Crippen molar-refractivity contribution < 1.29 is 23.1 Å². The molecule has 1 amide bonds. The molecule has 4 N–H and O–H groups in total. The molecule has 0 bridgehead atoms. The van der Waals surface area contributed by atoms with E-state index in [4.69, 9.17) is 10.8 Å². The van der Waals surface area contributed by atoms with Crippen LogP contribution in [-0.2, 0) is 14.6 Å². The Morgan fingerprint density at radius 2 is 2.14 bits per heavy atom. The second-order valence-corrected chi connectivity index (χ2v) is 7.78. The van der Waals surface area contributed by atoms with Crippen LogP contribution in [0.5, 0.6) is 0 Å². The first kappa shape index (κ1) is 17.5. The SMILES string of the molecule is CC(NC(=O)C(N)CCS(C)(=O)=O)c1nc(C(=O)O)cs1. The van der Waals surface area contributed by atoms with Gasteiger partial charge in [0.15, 0.2) is 5.69 Å². The molecule has 10 heteroatoms. The number of sulfone groups is 1. The standard InChI is InChI=1S/C11H17N3O5S2/c1-6(10-14-8(5-20-10)11(16)17)13-9(15)7(12)3-4-21(2,18)19/h5-7H,3-4,12H2,1-2H3,(H,13,15)(H,16,17). The van der Waals surface area contributed by atoms with Crippen LogP contribution < -0.4 is 11.1 Å². The molecule has 0 aliphatic rings. The van der Waals surface area contributed by atoms with Gasteiger partial charge >= 0.3 is 5.97 Å². The van der Waals surface area contributed by atoms with E-state index >= 15 is 0 Å². The van der Waals surface area contributed by atoms with Gasteiger partial charge in [-0.2, -0.15) is 0 Å². The van der Waals surface area contributed by atoms with Crippen LogP contribution in [0.15, 0.2) is 5.38 Å². The molecule has 1 rings (SSSR count). The van der Waals surface area contributed by atoms with Gasteiger partial charge < -0.3 is 16.2 Å². The van der Waals surface area contributed by atoms with Crippen LogP contribution in [0.2, 0.25) is 0 Å². The molecule has 0 fully saturated rings. The van der Waals surface area contributed by atoms with Crippen molar-refractivity contribution in [1.82, 2.24) is 10.3 Å². The van der Waals surface area contributed by atoms with E-state index in [1.54, 1.807) is 6.92 Å². The molecule has 0 aliphatic carbocycles. The molecule has 2 unspecified atom stereocenters. The number of carbonyl (C=O) groups excluding carboxylic acids is 1. The number of nitrogens with one attached hydrogen (secondary N) is 1. The predicted molar refractivity (Wildman–Crippen MR) is 77.9 cm³/mol. The number of rotatable bonds is 7. The molecular formula is C11H17N3O5S2. The van der Waals surface area contributed by atoms with Crippen LogP contribution in [0.3, 0.4) is 0 Å². The monoisotopic (exact) mass is 335 g/mol. The fraction of sp³-hybridized carbons (Fsp3) is 0.545. The van der Waals surface area contributed by atoms with Crippen LogP contribution in [-0.4, -0.2) is 48.4 Å². The highest BCUT2D eigenvalue weighted by molar-refractivity contribution is 7.90. The number of thiazole rings is 1. The summed E-state index contributed by atoms with van der Waals surface area (Å²) in [6, 6.07) is -1.44. The molecule has 2 atom stereocenters. The largest absolute Gasteiger partial charge is 0.476 e. The molecule has 1 heterocycles. The smallest absolute Gasteiger partial charge is 0.355 e. The van der Waals surface area contributed by atoms with Gasteiger partial charge in [0.05, 0.1) is 17.8 Å². The lowest BCUT2D eigenvalue weighted by molar-refractivity contribution is -0.123. The lowest BCUT2D eigenvalue weighted by Gasteiger charge is -2.15. The van der Waals surface area contributed by atoms with Gasteiger partial charge in [0.1, 0.15) is 14.8 Å². The molecule has 118 valence electrons. The van der Waals surface area contributed by atoms with Crippen molar-refractivity contribution in [1.29, 1.82) is 0 Å². The highest BCUT2D eigenvalue weighted by atomic mass is 32.2. The molecule has 0 radical (unpaired) electrons. The normalized spacial score (nSPS) is 14.4. The number of carboxylic acids is 1. The number of aromatic carboxylic acids is 1. The van der Waals surface area contributed by atoms with E-state index < -0.39 is 33.8 Å². The Labute approximate surface area is 126 Å². The van der Waals surface area contributed by atoms with E-state index in [1.165, 1.54) is 5.38 Å². The first-order chi connectivity index (χ1) is 9.60. The molecule has 21 heavy (non-hydrogen) atoms. The van der Waals surface area contributed by atoms with Crippen LogP contribution in [0.4, 0.5) is 0 Å². The maximum absolute atomic E-state index is 11.8. The summed E-state index contributed by atoms with van der Waals surface area (Å²) >= 11 is 1.11. The zero-order chi connectivity index (χ0) is 16.2. The minimum absolute atomic E-state index is 0.0234. The minimum Gasteiger partial charge on any atom is -0.476 e. The zero-order valence-electron chi connectivity index (χ0n) is 11.6. The third-order valence-corrected chi connectivity index (χ3v) is 4.61. The van der Waals surface area contributed by atoms with Gasteiger partial charge in [-0.25, -0.2) is 18.2 Å². The highest BCUT2D eigenvalue weighted by Gasteiger charge is 2.20. The van der Waals surface area contributed by atoms with Crippen molar-refractivity contribution in [3.05, 3.63) is 16.1 Å². The first-order valence-corrected chi connectivity index (χ1v) is 8.96. The number of aromatic nitrogens is 1. The van der Waals surface area contributed by atoms with Crippen LogP contribution >= 0.6 is 11.3 Å². The van der Waals surface area contributed by atoms with Crippen molar-refractivity contribution >= 4 is 33.1 Å². The van der Waals surface area contributed by atoms with Crippen molar-refractivity contribution in [3.63, 3.8) is 0 Å². The van der Waals surface area contributed by atoms with E-state index in [9.17, 15) is 18.0 Å². The van der Waals surface area contributed by atoms with Gasteiger partial charge in [0, 0.05) is 11.6 Å². The average Bonchev–Trinajstić information content (AvgIpc) is 2.84. The lowest BCUT2D eigenvalue weighted by Crippen LogP contribution is -2.42. The molecular weight excluding hydrogens is 318 g/mol. The molecule has 0 saturated heterocycles. The van der Waals surface area contributed by atoms with Crippen LogP contribution in [0.1, 0.15) is 34.9 Å². The Kier molecular flexibility index (Phi) is 5.81. The Morgan fingerprint density at radius 3 is 2.62 bits per heavy atom. The quantitative estimate of drug-likeness (QED) is 0.626.